The summed E-state index contributed by atoms with van der Waals surface area (Å²) < 4.78 is 46.8. The lowest BCUT2D eigenvalue weighted by atomic mass is 9.90. The third-order valence-corrected chi connectivity index (χ3v) is 7.85. The average molecular weight is 589 g/mol. The zero-order chi connectivity index (χ0) is 29.2. The molecule has 3 aromatic carbocycles. The number of ether oxygens (including phenoxy) is 1. The summed E-state index contributed by atoms with van der Waals surface area (Å²) in [6.45, 7) is 3.08. The summed E-state index contributed by atoms with van der Waals surface area (Å²) >= 11 is 6.30. The van der Waals surface area contributed by atoms with Crippen molar-refractivity contribution >= 4 is 17.4 Å². The molecule has 41 heavy (non-hydrogen) atoms. The lowest BCUT2D eigenvalue weighted by Crippen LogP contribution is -2.32. The number of ketones is 1. The largest absolute Gasteiger partial charge is 0.417 e. The Morgan fingerprint density at radius 1 is 1.02 bits per heavy atom. The standard InChI is InChI=1S/C32H36ClF3N2O3/c33-31-26(13-7-14-30(31)32(34,35)36)19-37(16-8-18-41-28-15-17-38(21-28)20-27(40)23-39)22-29(24-9-3-1-4-10-24)25-11-5-2-6-12-25/h1-7,9-14,28-29,39H,8,15-23H2. The van der Waals surface area contributed by atoms with Crippen molar-refractivity contribution in [2.24, 2.45) is 0 Å². The van der Waals surface area contributed by atoms with Crippen LogP contribution in [0.5, 0.6) is 0 Å². The van der Waals surface area contributed by atoms with Crippen LogP contribution in [0.1, 0.15) is 41.0 Å². The number of carbonyl (C=O) groups is 1. The van der Waals surface area contributed by atoms with Gasteiger partial charge in [-0.3, -0.25) is 14.6 Å². The maximum atomic E-state index is 13.6. The second kappa shape index (κ2) is 14.9. The smallest absolute Gasteiger partial charge is 0.389 e. The Morgan fingerprint density at radius 3 is 2.29 bits per heavy atom. The van der Waals surface area contributed by atoms with Crippen LogP contribution in [-0.2, 0) is 22.3 Å². The van der Waals surface area contributed by atoms with Crippen molar-refractivity contribution in [2.75, 3.05) is 45.9 Å². The molecule has 1 aliphatic rings. The SMILES string of the molecule is O=C(CO)CN1CCC(OCCCN(Cc2cccc(C(F)(F)F)c2Cl)CC(c2ccccc2)c2ccccc2)C1. The van der Waals surface area contributed by atoms with Gasteiger partial charge in [0.1, 0.15) is 6.61 Å². The number of rotatable bonds is 14. The van der Waals surface area contributed by atoms with E-state index in [9.17, 15) is 18.0 Å². The van der Waals surface area contributed by atoms with E-state index in [2.05, 4.69) is 29.2 Å². The summed E-state index contributed by atoms with van der Waals surface area (Å²) in [6, 6.07) is 24.3. The molecule has 1 N–H and O–H groups in total. The number of likely N-dealkylation sites (tertiary alicyclic amines) is 1. The fourth-order valence-corrected chi connectivity index (χ4v) is 5.64. The first-order valence-electron chi connectivity index (χ1n) is 13.9. The number of benzene rings is 3. The van der Waals surface area contributed by atoms with E-state index in [1.807, 2.05) is 41.3 Å². The number of hydrogen-bond donors (Lipinski definition) is 1. The van der Waals surface area contributed by atoms with Crippen molar-refractivity contribution in [3.8, 4) is 0 Å². The summed E-state index contributed by atoms with van der Waals surface area (Å²) in [4.78, 5) is 15.7. The average Bonchev–Trinajstić information content (AvgIpc) is 3.41. The zero-order valence-corrected chi connectivity index (χ0v) is 23.7. The molecule has 0 saturated carbocycles. The van der Waals surface area contributed by atoms with Crippen LogP contribution in [0, 0.1) is 0 Å². The molecule has 220 valence electrons. The number of aliphatic hydroxyl groups is 1. The van der Waals surface area contributed by atoms with Crippen LogP contribution in [0.3, 0.4) is 0 Å². The highest BCUT2D eigenvalue weighted by molar-refractivity contribution is 6.32. The molecule has 3 aromatic rings. The Hall–Kier alpha value is -2.75. The highest BCUT2D eigenvalue weighted by atomic mass is 35.5. The van der Waals surface area contributed by atoms with E-state index in [0.29, 0.717) is 38.2 Å². The molecule has 0 radical (unpaired) electrons. The zero-order valence-electron chi connectivity index (χ0n) is 22.9. The van der Waals surface area contributed by atoms with Crippen molar-refractivity contribution in [3.63, 3.8) is 0 Å². The van der Waals surface area contributed by atoms with Crippen molar-refractivity contribution in [1.82, 2.24) is 9.80 Å². The molecular weight excluding hydrogens is 553 g/mol. The normalized spacial score (nSPS) is 16.1. The van der Waals surface area contributed by atoms with Crippen LogP contribution in [0.2, 0.25) is 5.02 Å². The van der Waals surface area contributed by atoms with Gasteiger partial charge >= 0.3 is 6.18 Å². The number of aliphatic hydroxyl groups excluding tert-OH is 1. The molecule has 9 heteroatoms. The van der Waals surface area contributed by atoms with E-state index >= 15 is 0 Å². The fourth-order valence-electron chi connectivity index (χ4n) is 5.34. The Bertz CT molecular complexity index is 1200. The number of Topliss-reactive ketones (excluding diaryl/α,β-unsaturated/α-hetero) is 1. The highest BCUT2D eigenvalue weighted by Gasteiger charge is 2.34. The van der Waals surface area contributed by atoms with E-state index in [1.165, 1.54) is 6.07 Å². The number of carbonyl (C=O) groups excluding carboxylic acids is 1. The van der Waals surface area contributed by atoms with E-state index in [0.717, 1.165) is 30.2 Å². The topological polar surface area (TPSA) is 53.0 Å². The first-order chi connectivity index (χ1) is 19.7. The molecule has 0 spiro atoms. The summed E-state index contributed by atoms with van der Waals surface area (Å²) in [5, 5.41) is 8.73. The molecule has 1 saturated heterocycles. The van der Waals surface area contributed by atoms with Gasteiger partial charge in [-0.1, -0.05) is 84.4 Å². The Balaban J connectivity index is 1.47. The predicted molar refractivity (Wildman–Crippen MR) is 154 cm³/mol. The van der Waals surface area contributed by atoms with Gasteiger partial charge in [0.2, 0.25) is 0 Å². The Labute approximate surface area is 244 Å². The van der Waals surface area contributed by atoms with Gasteiger partial charge < -0.3 is 9.84 Å². The van der Waals surface area contributed by atoms with Crippen LogP contribution < -0.4 is 0 Å². The van der Waals surface area contributed by atoms with Crippen LogP contribution in [0.15, 0.2) is 78.9 Å². The molecule has 1 atom stereocenters. The minimum Gasteiger partial charge on any atom is -0.389 e. The van der Waals surface area contributed by atoms with E-state index in [4.69, 9.17) is 21.4 Å². The molecule has 0 amide bonds. The third kappa shape index (κ3) is 9.12. The maximum absolute atomic E-state index is 13.6. The van der Waals surface area contributed by atoms with Crippen molar-refractivity contribution < 1.29 is 27.8 Å². The van der Waals surface area contributed by atoms with Gasteiger partial charge in [-0.15, -0.1) is 0 Å². The highest BCUT2D eigenvalue weighted by Crippen LogP contribution is 2.37. The van der Waals surface area contributed by atoms with E-state index < -0.39 is 18.3 Å². The molecule has 1 fully saturated rings. The number of alkyl halides is 3. The summed E-state index contributed by atoms with van der Waals surface area (Å²) in [7, 11) is 0. The van der Waals surface area contributed by atoms with Crippen LogP contribution in [0.4, 0.5) is 13.2 Å². The lowest BCUT2D eigenvalue weighted by Gasteiger charge is -2.29. The van der Waals surface area contributed by atoms with Gasteiger partial charge in [-0.05, 0) is 35.6 Å². The second-order valence-corrected chi connectivity index (χ2v) is 10.8. The Morgan fingerprint density at radius 2 is 1.68 bits per heavy atom. The van der Waals surface area contributed by atoms with Gasteiger partial charge in [-0.2, -0.15) is 13.2 Å². The van der Waals surface area contributed by atoms with E-state index in [-0.39, 0.29) is 35.9 Å². The van der Waals surface area contributed by atoms with E-state index in [1.54, 1.807) is 6.07 Å². The quantitative estimate of drug-likeness (QED) is 0.233. The van der Waals surface area contributed by atoms with Gasteiger partial charge in [0, 0.05) is 45.2 Å². The lowest BCUT2D eigenvalue weighted by molar-refractivity contribution is -0.137. The second-order valence-electron chi connectivity index (χ2n) is 10.5. The molecule has 1 aliphatic heterocycles. The van der Waals surface area contributed by atoms with Gasteiger partial charge in [0.25, 0.3) is 0 Å². The third-order valence-electron chi connectivity index (χ3n) is 7.40. The molecule has 5 nitrogen and oxygen atoms in total. The van der Waals surface area contributed by atoms with Gasteiger partial charge in [0.15, 0.2) is 5.78 Å². The van der Waals surface area contributed by atoms with Gasteiger partial charge in [0.05, 0.1) is 23.2 Å². The predicted octanol–water partition coefficient (Wildman–Crippen LogP) is 6.04. The summed E-state index contributed by atoms with van der Waals surface area (Å²) in [6.07, 6.45) is -3.03. The monoisotopic (exact) mass is 588 g/mol. The van der Waals surface area contributed by atoms with Crippen molar-refractivity contribution in [1.29, 1.82) is 0 Å². The van der Waals surface area contributed by atoms with Crippen LogP contribution >= 0.6 is 11.6 Å². The molecule has 0 aliphatic carbocycles. The fraction of sp³-hybridized carbons (Fsp3) is 0.406. The number of nitrogens with zero attached hydrogens (tertiary/aromatic N) is 2. The van der Waals surface area contributed by atoms with Crippen molar-refractivity contribution in [2.45, 2.75) is 37.6 Å². The molecule has 1 heterocycles. The minimum absolute atomic E-state index is 0.00856. The van der Waals surface area contributed by atoms with Crippen LogP contribution in [-0.4, -0.2) is 72.7 Å². The number of hydrogen-bond acceptors (Lipinski definition) is 5. The van der Waals surface area contributed by atoms with Crippen molar-refractivity contribution in [3.05, 3.63) is 106 Å². The number of halogens is 4. The molecule has 1 unspecified atom stereocenters. The molecular formula is C32H36ClF3N2O3. The molecule has 0 bridgehead atoms. The minimum atomic E-state index is -4.53. The first-order valence-corrected chi connectivity index (χ1v) is 14.3. The maximum Gasteiger partial charge on any atom is 0.417 e. The van der Waals surface area contributed by atoms with Crippen LogP contribution in [0.25, 0.3) is 0 Å². The molecule has 4 rings (SSSR count). The summed E-state index contributed by atoms with van der Waals surface area (Å²) in [5.74, 6) is -0.198. The molecule has 0 aromatic heterocycles. The summed E-state index contributed by atoms with van der Waals surface area (Å²) in [5.41, 5.74) is 1.85. The Kier molecular flexibility index (Phi) is 11.4. The van der Waals surface area contributed by atoms with Gasteiger partial charge in [-0.25, -0.2) is 0 Å². The first kappa shape index (κ1) is 31.2.